The molecule has 0 aromatic carbocycles. The average molecular weight is 268 g/mol. The van der Waals surface area contributed by atoms with E-state index in [-0.39, 0.29) is 0 Å². The van der Waals surface area contributed by atoms with Crippen LogP contribution in [0.4, 0.5) is 0 Å². The fourth-order valence-electron chi connectivity index (χ4n) is 3.74. The van der Waals surface area contributed by atoms with Crippen LogP contribution in [0.3, 0.4) is 0 Å². The second kappa shape index (κ2) is 7.61. The van der Waals surface area contributed by atoms with Gasteiger partial charge < -0.3 is 15.0 Å². The van der Waals surface area contributed by atoms with Crippen molar-refractivity contribution in [2.24, 2.45) is 5.41 Å². The second-order valence-corrected chi connectivity index (χ2v) is 6.65. The van der Waals surface area contributed by atoms with Crippen molar-refractivity contribution in [2.75, 3.05) is 39.3 Å². The van der Waals surface area contributed by atoms with Gasteiger partial charge in [-0.3, -0.25) is 0 Å². The largest absolute Gasteiger partial charge is 0.377 e. The van der Waals surface area contributed by atoms with Crippen molar-refractivity contribution in [3.8, 4) is 0 Å². The first-order valence-corrected chi connectivity index (χ1v) is 8.29. The van der Waals surface area contributed by atoms with Crippen LogP contribution in [0, 0.1) is 5.41 Å². The second-order valence-electron chi connectivity index (χ2n) is 6.65. The van der Waals surface area contributed by atoms with Crippen LogP contribution < -0.4 is 5.32 Å². The molecule has 3 heteroatoms. The maximum absolute atomic E-state index is 5.77. The van der Waals surface area contributed by atoms with Crippen molar-refractivity contribution in [2.45, 2.75) is 58.5 Å². The minimum absolute atomic E-state index is 0.407. The summed E-state index contributed by atoms with van der Waals surface area (Å²) in [6, 6.07) is 0. The highest BCUT2D eigenvalue weighted by atomic mass is 16.5. The molecule has 2 aliphatic rings. The zero-order valence-electron chi connectivity index (χ0n) is 12.9. The third-order valence-electron chi connectivity index (χ3n) is 4.69. The Morgan fingerprint density at radius 1 is 1.26 bits per heavy atom. The lowest BCUT2D eigenvalue weighted by molar-refractivity contribution is 0.0591. The van der Waals surface area contributed by atoms with Crippen LogP contribution in [0.15, 0.2) is 0 Å². The van der Waals surface area contributed by atoms with Crippen LogP contribution in [0.25, 0.3) is 0 Å². The van der Waals surface area contributed by atoms with Gasteiger partial charge in [-0.05, 0) is 44.6 Å². The summed E-state index contributed by atoms with van der Waals surface area (Å²) >= 11 is 0. The molecular formula is C16H32N2O. The zero-order chi connectivity index (χ0) is 13.6. The summed E-state index contributed by atoms with van der Waals surface area (Å²) in [5, 5.41) is 3.68. The molecule has 1 saturated carbocycles. The molecule has 3 nitrogen and oxygen atoms in total. The zero-order valence-corrected chi connectivity index (χ0v) is 12.9. The van der Waals surface area contributed by atoms with Crippen LogP contribution in [0.2, 0.25) is 0 Å². The fraction of sp³-hybridized carbons (Fsp3) is 1.00. The molecule has 1 atom stereocenters. The Kier molecular flexibility index (Phi) is 6.11. The van der Waals surface area contributed by atoms with Gasteiger partial charge in [0, 0.05) is 32.8 Å². The molecule has 0 radical (unpaired) electrons. The molecule has 1 aliphatic carbocycles. The van der Waals surface area contributed by atoms with Gasteiger partial charge in [-0.15, -0.1) is 0 Å². The van der Waals surface area contributed by atoms with Gasteiger partial charge in [0.05, 0.1) is 6.10 Å². The van der Waals surface area contributed by atoms with Crippen LogP contribution in [0.1, 0.15) is 52.4 Å². The van der Waals surface area contributed by atoms with E-state index in [0.717, 1.165) is 13.2 Å². The summed E-state index contributed by atoms with van der Waals surface area (Å²) in [7, 11) is 0. The van der Waals surface area contributed by atoms with E-state index in [0.29, 0.717) is 11.5 Å². The van der Waals surface area contributed by atoms with E-state index >= 15 is 0 Å². The summed E-state index contributed by atoms with van der Waals surface area (Å²) < 4.78 is 5.77. The Morgan fingerprint density at radius 2 is 2.05 bits per heavy atom. The lowest BCUT2D eigenvalue weighted by Crippen LogP contribution is -2.44. The summed E-state index contributed by atoms with van der Waals surface area (Å²) in [5.74, 6) is 0. The van der Waals surface area contributed by atoms with Gasteiger partial charge in [-0.1, -0.05) is 19.8 Å². The number of rotatable bonds is 6. The third-order valence-corrected chi connectivity index (χ3v) is 4.69. The van der Waals surface area contributed by atoms with E-state index < -0.39 is 0 Å². The molecule has 0 aromatic heterocycles. The van der Waals surface area contributed by atoms with E-state index in [1.54, 1.807) is 0 Å². The normalized spacial score (nSPS) is 28.4. The van der Waals surface area contributed by atoms with Crippen LogP contribution in [-0.4, -0.2) is 50.3 Å². The smallest absolute Gasteiger partial charge is 0.0673 e. The Morgan fingerprint density at radius 3 is 2.79 bits per heavy atom. The molecule has 0 amide bonds. The fourth-order valence-corrected chi connectivity index (χ4v) is 3.74. The van der Waals surface area contributed by atoms with Gasteiger partial charge in [0.25, 0.3) is 0 Å². The SMILES string of the molecule is CCCNCC1(CN2CCCOC(C)C2)CCCC1. The standard InChI is InChI=1S/C16H32N2O/c1-3-9-17-13-16(7-4-5-8-16)14-18-10-6-11-19-15(2)12-18/h15,17H,3-14H2,1-2H3. The minimum atomic E-state index is 0.407. The van der Waals surface area contributed by atoms with E-state index in [2.05, 4.69) is 24.1 Å². The van der Waals surface area contributed by atoms with Gasteiger partial charge in [-0.25, -0.2) is 0 Å². The number of hydrogen-bond donors (Lipinski definition) is 1. The average Bonchev–Trinajstić information content (AvgIpc) is 2.74. The van der Waals surface area contributed by atoms with Crippen LogP contribution in [0.5, 0.6) is 0 Å². The summed E-state index contributed by atoms with van der Waals surface area (Å²) in [5.41, 5.74) is 0.541. The van der Waals surface area contributed by atoms with Gasteiger partial charge >= 0.3 is 0 Å². The van der Waals surface area contributed by atoms with E-state index in [9.17, 15) is 0 Å². The molecule has 0 spiro atoms. The number of nitrogens with one attached hydrogen (secondary N) is 1. The monoisotopic (exact) mass is 268 g/mol. The highest BCUT2D eigenvalue weighted by Crippen LogP contribution is 2.38. The maximum atomic E-state index is 5.77. The van der Waals surface area contributed by atoms with Crippen molar-refractivity contribution in [3.63, 3.8) is 0 Å². The molecule has 0 aromatic rings. The first-order valence-electron chi connectivity index (χ1n) is 8.29. The van der Waals surface area contributed by atoms with Crippen LogP contribution in [-0.2, 0) is 4.74 Å². The van der Waals surface area contributed by atoms with Crippen molar-refractivity contribution < 1.29 is 4.74 Å². The maximum Gasteiger partial charge on any atom is 0.0673 e. The minimum Gasteiger partial charge on any atom is -0.377 e. The lowest BCUT2D eigenvalue weighted by Gasteiger charge is -2.35. The summed E-state index contributed by atoms with van der Waals surface area (Å²) in [4.78, 5) is 2.66. The van der Waals surface area contributed by atoms with E-state index in [1.807, 2.05) is 0 Å². The first-order chi connectivity index (χ1) is 9.24. The summed E-state index contributed by atoms with van der Waals surface area (Å²) in [6.07, 6.45) is 8.52. The molecule has 19 heavy (non-hydrogen) atoms. The van der Waals surface area contributed by atoms with Crippen molar-refractivity contribution in [1.29, 1.82) is 0 Å². The molecule has 0 bridgehead atoms. The Balaban J connectivity index is 1.87. The molecular weight excluding hydrogens is 236 g/mol. The number of hydrogen-bond acceptors (Lipinski definition) is 3. The number of ether oxygens (including phenoxy) is 1. The van der Waals surface area contributed by atoms with Gasteiger partial charge in [-0.2, -0.15) is 0 Å². The van der Waals surface area contributed by atoms with E-state index in [4.69, 9.17) is 4.74 Å². The quantitative estimate of drug-likeness (QED) is 0.750. The Hall–Kier alpha value is -0.120. The third kappa shape index (κ3) is 4.73. The van der Waals surface area contributed by atoms with Crippen molar-refractivity contribution in [3.05, 3.63) is 0 Å². The molecule has 1 N–H and O–H groups in total. The first kappa shape index (κ1) is 15.3. The molecule has 1 aliphatic heterocycles. The molecule has 1 unspecified atom stereocenters. The van der Waals surface area contributed by atoms with Crippen LogP contribution >= 0.6 is 0 Å². The Bertz CT molecular complexity index is 251. The molecule has 112 valence electrons. The summed E-state index contributed by atoms with van der Waals surface area (Å²) in [6.45, 7) is 11.4. The Labute approximate surface area is 119 Å². The molecule has 2 fully saturated rings. The van der Waals surface area contributed by atoms with Gasteiger partial charge in [0.1, 0.15) is 0 Å². The molecule has 1 heterocycles. The predicted octanol–water partition coefficient (Wildman–Crippen LogP) is 2.66. The van der Waals surface area contributed by atoms with Gasteiger partial charge in [0.2, 0.25) is 0 Å². The predicted molar refractivity (Wildman–Crippen MR) is 80.5 cm³/mol. The van der Waals surface area contributed by atoms with E-state index in [1.165, 1.54) is 64.7 Å². The highest BCUT2D eigenvalue weighted by molar-refractivity contribution is 4.90. The molecule has 1 saturated heterocycles. The lowest BCUT2D eigenvalue weighted by atomic mass is 9.85. The van der Waals surface area contributed by atoms with Gasteiger partial charge in [0.15, 0.2) is 0 Å². The highest BCUT2D eigenvalue weighted by Gasteiger charge is 2.35. The van der Waals surface area contributed by atoms with Crippen molar-refractivity contribution in [1.82, 2.24) is 10.2 Å². The molecule has 2 rings (SSSR count). The topological polar surface area (TPSA) is 24.5 Å². The number of nitrogens with zero attached hydrogens (tertiary/aromatic N) is 1. The van der Waals surface area contributed by atoms with Crippen molar-refractivity contribution >= 4 is 0 Å².